The quantitative estimate of drug-likeness (QED) is 0.889. The monoisotopic (exact) mass is 276 g/mol. The van der Waals surface area contributed by atoms with Gasteiger partial charge in [0.05, 0.1) is 25.9 Å². The first kappa shape index (κ1) is 13.9. The summed E-state index contributed by atoms with van der Waals surface area (Å²) in [6.07, 6.45) is 2.89. The molecule has 2 unspecified atom stereocenters. The summed E-state index contributed by atoms with van der Waals surface area (Å²) in [5.74, 6) is 0.911. The number of rotatable bonds is 5. The number of morpholine rings is 1. The highest BCUT2D eigenvalue weighted by molar-refractivity contribution is 5.30. The first-order chi connectivity index (χ1) is 9.83. The van der Waals surface area contributed by atoms with Crippen LogP contribution in [0.1, 0.15) is 24.4 Å². The molecule has 0 amide bonds. The van der Waals surface area contributed by atoms with Gasteiger partial charge in [0.2, 0.25) is 0 Å². The van der Waals surface area contributed by atoms with E-state index in [2.05, 4.69) is 22.3 Å². The summed E-state index contributed by atoms with van der Waals surface area (Å²) >= 11 is 0. The average Bonchev–Trinajstić information content (AvgIpc) is 3.32. The van der Waals surface area contributed by atoms with Gasteiger partial charge in [-0.25, -0.2) is 0 Å². The molecule has 0 spiro atoms. The molecule has 3 rings (SSSR count). The van der Waals surface area contributed by atoms with E-state index in [1.54, 1.807) is 7.11 Å². The van der Waals surface area contributed by atoms with Crippen LogP contribution in [-0.4, -0.2) is 50.9 Å². The molecule has 1 saturated carbocycles. The van der Waals surface area contributed by atoms with E-state index >= 15 is 0 Å². The molecule has 2 fully saturated rings. The Labute approximate surface area is 121 Å². The fourth-order valence-electron chi connectivity index (χ4n) is 3.15. The highest BCUT2D eigenvalue weighted by Gasteiger charge is 2.40. The molecule has 1 N–H and O–H groups in total. The van der Waals surface area contributed by atoms with Crippen LogP contribution in [0.5, 0.6) is 5.75 Å². The van der Waals surface area contributed by atoms with E-state index in [1.165, 1.54) is 18.4 Å². The number of benzene rings is 1. The molecule has 0 aromatic heterocycles. The Morgan fingerprint density at radius 3 is 2.65 bits per heavy atom. The van der Waals surface area contributed by atoms with E-state index < -0.39 is 0 Å². The number of methoxy groups -OCH3 is 1. The molecule has 1 heterocycles. The summed E-state index contributed by atoms with van der Waals surface area (Å²) in [4.78, 5) is 2.63. The van der Waals surface area contributed by atoms with Gasteiger partial charge in [0.1, 0.15) is 5.75 Å². The Kier molecular flexibility index (Phi) is 4.24. The van der Waals surface area contributed by atoms with Crippen LogP contribution in [0.4, 0.5) is 0 Å². The molecule has 0 radical (unpaired) electrons. The molecule has 0 bridgehead atoms. The second-order valence-corrected chi connectivity index (χ2v) is 5.65. The number of likely N-dealkylation sites (N-methyl/N-ethyl adjacent to an activating group) is 1. The van der Waals surface area contributed by atoms with Crippen molar-refractivity contribution in [3.05, 3.63) is 29.8 Å². The Hall–Kier alpha value is -1.10. The Bertz CT molecular complexity index is 429. The van der Waals surface area contributed by atoms with Crippen molar-refractivity contribution in [1.82, 2.24) is 10.2 Å². The van der Waals surface area contributed by atoms with Crippen LogP contribution >= 0.6 is 0 Å². The molecular weight excluding hydrogens is 252 g/mol. The first-order valence-corrected chi connectivity index (χ1v) is 7.49. The Morgan fingerprint density at radius 1 is 1.30 bits per heavy atom. The largest absolute Gasteiger partial charge is 0.497 e. The number of hydrogen-bond donors (Lipinski definition) is 1. The fraction of sp³-hybridized carbons (Fsp3) is 0.625. The van der Waals surface area contributed by atoms with Gasteiger partial charge in [-0.1, -0.05) is 12.1 Å². The van der Waals surface area contributed by atoms with E-state index in [4.69, 9.17) is 9.47 Å². The fourth-order valence-corrected chi connectivity index (χ4v) is 3.15. The van der Waals surface area contributed by atoms with Crippen molar-refractivity contribution in [3.8, 4) is 5.75 Å². The van der Waals surface area contributed by atoms with Gasteiger partial charge in [0, 0.05) is 19.1 Å². The third-order valence-electron chi connectivity index (χ3n) is 4.27. The van der Waals surface area contributed by atoms with Crippen LogP contribution in [0.2, 0.25) is 0 Å². The minimum absolute atomic E-state index is 0.225. The van der Waals surface area contributed by atoms with Crippen LogP contribution < -0.4 is 10.1 Å². The third kappa shape index (κ3) is 2.82. The van der Waals surface area contributed by atoms with Crippen LogP contribution in [0.3, 0.4) is 0 Å². The highest BCUT2D eigenvalue weighted by atomic mass is 16.5. The summed E-state index contributed by atoms with van der Waals surface area (Å²) < 4.78 is 11.3. The van der Waals surface area contributed by atoms with Crippen molar-refractivity contribution in [3.63, 3.8) is 0 Å². The molecule has 1 aromatic rings. The summed E-state index contributed by atoms with van der Waals surface area (Å²) in [7, 11) is 3.70. The van der Waals surface area contributed by atoms with E-state index in [9.17, 15) is 0 Å². The zero-order valence-corrected chi connectivity index (χ0v) is 12.3. The zero-order chi connectivity index (χ0) is 13.9. The summed E-state index contributed by atoms with van der Waals surface area (Å²) in [5.41, 5.74) is 1.33. The molecule has 1 aromatic carbocycles. The second kappa shape index (κ2) is 6.12. The van der Waals surface area contributed by atoms with E-state index in [0.29, 0.717) is 6.04 Å². The molecule has 1 saturated heterocycles. The highest BCUT2D eigenvalue weighted by Crippen LogP contribution is 2.39. The van der Waals surface area contributed by atoms with Gasteiger partial charge in [-0.05, 0) is 37.6 Å². The maximum absolute atomic E-state index is 6.01. The minimum atomic E-state index is 0.225. The molecular formula is C16H24N2O2. The molecule has 2 aliphatic rings. The smallest absolute Gasteiger partial charge is 0.118 e. The van der Waals surface area contributed by atoms with Crippen molar-refractivity contribution in [2.45, 2.75) is 31.0 Å². The summed E-state index contributed by atoms with van der Waals surface area (Å²) in [6.45, 7) is 2.77. The number of nitrogens with zero attached hydrogens (tertiary/aromatic N) is 1. The van der Waals surface area contributed by atoms with Crippen LogP contribution in [0, 0.1) is 0 Å². The summed E-state index contributed by atoms with van der Waals surface area (Å²) in [6, 6.07) is 9.56. The lowest BCUT2D eigenvalue weighted by molar-refractivity contribution is -0.0740. The Morgan fingerprint density at radius 2 is 2.05 bits per heavy atom. The van der Waals surface area contributed by atoms with Crippen molar-refractivity contribution in [2.24, 2.45) is 0 Å². The minimum Gasteiger partial charge on any atom is -0.497 e. The maximum atomic E-state index is 6.01. The maximum Gasteiger partial charge on any atom is 0.118 e. The standard InChI is InChI=1S/C16H24N2O2/c1-17-11-15-16(12-3-7-14(19-2)8-4-12)18(9-10-20-15)13-5-6-13/h3-4,7-8,13,15-17H,5-6,9-11H2,1-2H3. The van der Waals surface area contributed by atoms with Crippen LogP contribution in [0.15, 0.2) is 24.3 Å². The molecule has 110 valence electrons. The molecule has 4 heteroatoms. The average molecular weight is 276 g/mol. The van der Waals surface area contributed by atoms with Gasteiger partial charge in [-0.3, -0.25) is 4.90 Å². The molecule has 4 nitrogen and oxygen atoms in total. The van der Waals surface area contributed by atoms with Crippen molar-refractivity contribution in [1.29, 1.82) is 0 Å². The van der Waals surface area contributed by atoms with Gasteiger partial charge < -0.3 is 14.8 Å². The normalized spacial score (nSPS) is 27.5. The number of ether oxygens (including phenoxy) is 2. The first-order valence-electron chi connectivity index (χ1n) is 7.49. The van der Waals surface area contributed by atoms with Gasteiger partial charge >= 0.3 is 0 Å². The number of hydrogen-bond acceptors (Lipinski definition) is 4. The van der Waals surface area contributed by atoms with Crippen molar-refractivity contribution in [2.75, 3.05) is 33.9 Å². The van der Waals surface area contributed by atoms with E-state index in [-0.39, 0.29) is 6.10 Å². The molecule has 20 heavy (non-hydrogen) atoms. The van der Waals surface area contributed by atoms with E-state index in [0.717, 1.165) is 31.5 Å². The lowest BCUT2D eigenvalue weighted by Crippen LogP contribution is -2.49. The SMILES string of the molecule is CNCC1OCCN(C2CC2)C1c1ccc(OC)cc1. The molecule has 1 aliphatic carbocycles. The van der Waals surface area contributed by atoms with Crippen molar-refractivity contribution >= 4 is 0 Å². The lowest BCUT2D eigenvalue weighted by atomic mass is 9.97. The van der Waals surface area contributed by atoms with Crippen molar-refractivity contribution < 1.29 is 9.47 Å². The number of nitrogens with one attached hydrogen (secondary N) is 1. The van der Waals surface area contributed by atoms with Crippen LogP contribution in [-0.2, 0) is 4.74 Å². The van der Waals surface area contributed by atoms with Gasteiger partial charge in [-0.2, -0.15) is 0 Å². The molecule has 2 atom stereocenters. The topological polar surface area (TPSA) is 33.7 Å². The van der Waals surface area contributed by atoms with Gasteiger partial charge in [0.15, 0.2) is 0 Å². The second-order valence-electron chi connectivity index (χ2n) is 5.65. The lowest BCUT2D eigenvalue weighted by Gasteiger charge is -2.42. The molecule has 1 aliphatic heterocycles. The van der Waals surface area contributed by atoms with Gasteiger partial charge in [0.25, 0.3) is 0 Å². The van der Waals surface area contributed by atoms with E-state index in [1.807, 2.05) is 19.2 Å². The predicted molar refractivity (Wildman–Crippen MR) is 79.1 cm³/mol. The summed E-state index contributed by atoms with van der Waals surface area (Å²) in [5, 5.41) is 3.26. The Balaban J connectivity index is 1.85. The third-order valence-corrected chi connectivity index (χ3v) is 4.27. The van der Waals surface area contributed by atoms with Gasteiger partial charge in [-0.15, -0.1) is 0 Å². The van der Waals surface area contributed by atoms with Crippen LogP contribution in [0.25, 0.3) is 0 Å². The predicted octanol–water partition coefficient (Wildman–Crippen LogP) is 1.82. The zero-order valence-electron chi connectivity index (χ0n) is 12.3.